The van der Waals surface area contributed by atoms with E-state index in [2.05, 4.69) is 10.4 Å². The lowest BCUT2D eigenvalue weighted by molar-refractivity contribution is -0.122. The first kappa shape index (κ1) is 16.4. The fourth-order valence-electron chi connectivity index (χ4n) is 1.98. The van der Waals surface area contributed by atoms with Crippen molar-refractivity contribution in [1.29, 1.82) is 0 Å². The molecular weight excluding hydrogens is 300 g/mol. The van der Waals surface area contributed by atoms with Gasteiger partial charge in [0.25, 0.3) is 4.84 Å². The molecule has 1 heterocycles. The van der Waals surface area contributed by atoms with Crippen LogP contribution in [-0.4, -0.2) is 40.2 Å². The molecule has 0 atom stereocenters. The van der Waals surface area contributed by atoms with E-state index < -0.39 is 0 Å². The van der Waals surface area contributed by atoms with E-state index in [-0.39, 0.29) is 23.3 Å². The smallest absolute Gasteiger partial charge is 0.288 e. The predicted octanol–water partition coefficient (Wildman–Crippen LogP) is 2.29. The molecule has 1 N–H and O–H groups in total. The Hall–Kier alpha value is -1.99. The third-order valence-electron chi connectivity index (χ3n) is 2.87. The van der Waals surface area contributed by atoms with Gasteiger partial charge in [0.15, 0.2) is 0 Å². The second-order valence-electron chi connectivity index (χ2n) is 5.42. The maximum Gasteiger partial charge on any atom is 0.288 e. The molecule has 0 aliphatic heterocycles. The van der Waals surface area contributed by atoms with Crippen LogP contribution in [0.4, 0.5) is 0 Å². The zero-order valence-corrected chi connectivity index (χ0v) is 13.8. The molecule has 0 saturated carbocycles. The highest BCUT2D eigenvalue weighted by Crippen LogP contribution is 2.16. The highest BCUT2D eigenvalue weighted by molar-refractivity contribution is 7.71. The molecule has 118 valence electrons. The summed E-state index contributed by atoms with van der Waals surface area (Å²) in [6, 6.07) is 9.69. The molecule has 7 heteroatoms. The van der Waals surface area contributed by atoms with Crippen molar-refractivity contribution >= 4 is 18.1 Å². The maximum atomic E-state index is 11.7. The van der Waals surface area contributed by atoms with E-state index in [4.69, 9.17) is 16.6 Å². The van der Waals surface area contributed by atoms with Gasteiger partial charge in [-0.15, -0.1) is 5.10 Å². The number of carbonyl (C=O) groups is 1. The zero-order chi connectivity index (χ0) is 16.1. The molecule has 6 nitrogen and oxygen atoms in total. The van der Waals surface area contributed by atoms with Gasteiger partial charge in [-0.2, -0.15) is 0 Å². The van der Waals surface area contributed by atoms with Crippen LogP contribution in [0.15, 0.2) is 34.7 Å². The molecule has 1 aromatic heterocycles. The van der Waals surface area contributed by atoms with Gasteiger partial charge in [-0.05, 0) is 45.2 Å². The van der Waals surface area contributed by atoms with Gasteiger partial charge >= 0.3 is 0 Å². The minimum atomic E-state index is -0.0317. The van der Waals surface area contributed by atoms with Crippen LogP contribution in [0.2, 0.25) is 0 Å². The molecule has 0 bridgehead atoms. The average molecular weight is 320 g/mol. The topological polar surface area (TPSA) is 63.3 Å². The molecule has 0 saturated heterocycles. The van der Waals surface area contributed by atoms with E-state index in [9.17, 15) is 4.79 Å². The van der Waals surface area contributed by atoms with E-state index in [0.717, 1.165) is 5.56 Å². The normalized spacial score (nSPS) is 11.1. The molecule has 22 heavy (non-hydrogen) atoms. The van der Waals surface area contributed by atoms with Crippen LogP contribution in [0.25, 0.3) is 11.5 Å². The van der Waals surface area contributed by atoms with Gasteiger partial charge in [0.2, 0.25) is 11.8 Å². The Bertz CT molecular complexity index is 678. The maximum absolute atomic E-state index is 11.7. The number of hydrogen-bond acceptors (Lipinski definition) is 5. The lowest BCUT2D eigenvalue weighted by Gasteiger charge is -2.16. The van der Waals surface area contributed by atoms with Crippen molar-refractivity contribution < 1.29 is 9.21 Å². The van der Waals surface area contributed by atoms with Crippen LogP contribution in [-0.2, 0) is 11.5 Å². The lowest BCUT2D eigenvalue weighted by atomic mass is 10.2. The van der Waals surface area contributed by atoms with Gasteiger partial charge in [0.05, 0.1) is 13.2 Å². The molecule has 0 fully saturated rings. The van der Waals surface area contributed by atoms with Gasteiger partial charge in [0.1, 0.15) is 0 Å². The van der Waals surface area contributed by atoms with Crippen molar-refractivity contribution in [3.05, 3.63) is 35.2 Å². The number of likely N-dealkylation sites (N-methyl/N-ethyl adjacent to an activating group) is 1. The average Bonchev–Trinajstić information content (AvgIpc) is 2.80. The van der Waals surface area contributed by atoms with Crippen LogP contribution >= 0.6 is 12.2 Å². The molecule has 0 unspecified atom stereocenters. The van der Waals surface area contributed by atoms with Crippen LogP contribution in [0.1, 0.15) is 13.8 Å². The van der Waals surface area contributed by atoms with Gasteiger partial charge in [-0.3, -0.25) is 9.69 Å². The number of benzene rings is 1. The molecule has 0 spiro atoms. The van der Waals surface area contributed by atoms with E-state index in [0.29, 0.717) is 12.6 Å². The number of carbonyl (C=O) groups excluding carboxylic acids is 1. The highest BCUT2D eigenvalue weighted by Gasteiger charge is 2.12. The lowest BCUT2D eigenvalue weighted by Crippen LogP contribution is -2.39. The third kappa shape index (κ3) is 4.51. The van der Waals surface area contributed by atoms with Crippen LogP contribution in [0.3, 0.4) is 0 Å². The molecule has 0 aliphatic rings. The van der Waals surface area contributed by atoms with Crippen LogP contribution in [0, 0.1) is 4.84 Å². The minimum absolute atomic E-state index is 0.0317. The van der Waals surface area contributed by atoms with Gasteiger partial charge in [0, 0.05) is 11.6 Å². The molecule has 1 aromatic carbocycles. The number of nitrogens with one attached hydrogen (secondary N) is 1. The molecular formula is C15H20N4O2S. The molecule has 1 amide bonds. The van der Waals surface area contributed by atoms with Crippen molar-refractivity contribution in [3.63, 3.8) is 0 Å². The Morgan fingerprint density at radius 1 is 1.41 bits per heavy atom. The van der Waals surface area contributed by atoms with E-state index in [1.54, 1.807) is 4.68 Å². The monoisotopic (exact) mass is 320 g/mol. The summed E-state index contributed by atoms with van der Waals surface area (Å²) in [6.45, 7) is 4.52. The quantitative estimate of drug-likeness (QED) is 0.827. The summed E-state index contributed by atoms with van der Waals surface area (Å²) in [4.78, 5) is 13.8. The van der Waals surface area contributed by atoms with E-state index >= 15 is 0 Å². The summed E-state index contributed by atoms with van der Waals surface area (Å²) in [5, 5.41) is 7.21. The van der Waals surface area contributed by atoms with Crippen LogP contribution in [0.5, 0.6) is 0 Å². The number of aromatic nitrogens is 2. The zero-order valence-electron chi connectivity index (χ0n) is 12.9. The minimum Gasteiger partial charge on any atom is -0.409 e. The summed E-state index contributed by atoms with van der Waals surface area (Å²) in [5.74, 6) is 0.446. The van der Waals surface area contributed by atoms with Crippen molar-refractivity contribution in [2.75, 3.05) is 13.6 Å². The van der Waals surface area contributed by atoms with Crippen molar-refractivity contribution in [2.24, 2.45) is 0 Å². The number of nitrogens with zero attached hydrogens (tertiary/aromatic N) is 3. The Morgan fingerprint density at radius 3 is 2.73 bits per heavy atom. The fourth-order valence-corrected chi connectivity index (χ4v) is 2.16. The Balaban J connectivity index is 2.03. The second-order valence-corrected chi connectivity index (χ2v) is 5.77. The SMILES string of the molecule is CC(C)NC(=O)CN(C)Cn1nc(-c2ccccc2)oc1=S. The first-order chi connectivity index (χ1) is 10.5. The summed E-state index contributed by atoms with van der Waals surface area (Å²) >= 11 is 5.18. The Labute approximate surface area is 134 Å². The first-order valence-electron chi connectivity index (χ1n) is 7.07. The second kappa shape index (κ2) is 7.33. The molecule has 0 aliphatic carbocycles. The Morgan fingerprint density at radius 2 is 2.09 bits per heavy atom. The predicted molar refractivity (Wildman–Crippen MR) is 86.7 cm³/mol. The van der Waals surface area contributed by atoms with Crippen molar-refractivity contribution in [2.45, 2.75) is 26.6 Å². The van der Waals surface area contributed by atoms with Gasteiger partial charge < -0.3 is 9.73 Å². The highest BCUT2D eigenvalue weighted by atomic mass is 32.1. The summed E-state index contributed by atoms with van der Waals surface area (Å²) < 4.78 is 7.08. The number of amides is 1. The number of rotatable bonds is 6. The summed E-state index contributed by atoms with van der Waals surface area (Å²) in [7, 11) is 1.83. The van der Waals surface area contributed by atoms with Gasteiger partial charge in [-0.25, -0.2) is 4.68 Å². The Kier molecular flexibility index (Phi) is 5.46. The largest absolute Gasteiger partial charge is 0.409 e. The molecule has 2 rings (SSSR count). The number of hydrogen-bond donors (Lipinski definition) is 1. The third-order valence-corrected chi connectivity index (χ3v) is 3.16. The fraction of sp³-hybridized carbons (Fsp3) is 0.400. The van der Waals surface area contributed by atoms with E-state index in [1.807, 2.05) is 56.1 Å². The summed E-state index contributed by atoms with van der Waals surface area (Å²) in [6.07, 6.45) is 0. The van der Waals surface area contributed by atoms with Gasteiger partial charge in [-0.1, -0.05) is 18.2 Å². The standard InChI is InChI=1S/C15H20N4O2S/c1-11(2)16-13(20)9-18(3)10-19-15(22)21-14(17-19)12-7-5-4-6-8-12/h4-8,11H,9-10H2,1-3H3,(H,16,20). The van der Waals surface area contributed by atoms with Crippen LogP contribution < -0.4 is 5.32 Å². The van der Waals surface area contributed by atoms with E-state index in [1.165, 1.54) is 0 Å². The van der Waals surface area contributed by atoms with Crippen molar-refractivity contribution in [3.8, 4) is 11.5 Å². The molecule has 0 radical (unpaired) electrons. The first-order valence-corrected chi connectivity index (χ1v) is 7.48. The molecule has 2 aromatic rings. The van der Waals surface area contributed by atoms with Crippen molar-refractivity contribution in [1.82, 2.24) is 20.0 Å². The summed E-state index contributed by atoms with van der Waals surface area (Å²) in [5.41, 5.74) is 0.868.